The number of likely N-dealkylation sites (tertiary alicyclic amines) is 1. The number of hydrogen-bond acceptors (Lipinski definition) is 5. The number of nitrogens with zero attached hydrogens (tertiary/aromatic N) is 1. The maximum absolute atomic E-state index is 13.3. The number of aliphatic hydroxyl groups is 1. The molecule has 2 aromatic carbocycles. The lowest BCUT2D eigenvalue weighted by Gasteiger charge is -2.31. The fourth-order valence-corrected chi connectivity index (χ4v) is 4.58. The van der Waals surface area contributed by atoms with Crippen LogP contribution in [0.5, 0.6) is 0 Å². The first-order chi connectivity index (χ1) is 17.6. The van der Waals surface area contributed by atoms with E-state index in [2.05, 4.69) is 10.6 Å². The second kappa shape index (κ2) is 12.5. The second-order valence-corrected chi connectivity index (χ2v) is 9.69. The van der Waals surface area contributed by atoms with Gasteiger partial charge in [0.2, 0.25) is 23.6 Å². The molecule has 3 rings (SSSR count). The van der Waals surface area contributed by atoms with Gasteiger partial charge in [-0.25, -0.2) is 0 Å². The fourth-order valence-electron chi connectivity index (χ4n) is 4.58. The third kappa shape index (κ3) is 7.16. The van der Waals surface area contributed by atoms with E-state index in [1.807, 2.05) is 68.4 Å². The summed E-state index contributed by atoms with van der Waals surface area (Å²) in [6, 6.07) is 14.7. The third-order valence-electron chi connectivity index (χ3n) is 6.86. The number of amides is 4. The molecule has 0 unspecified atom stereocenters. The number of rotatable bonds is 10. The molecule has 0 bridgehead atoms. The van der Waals surface area contributed by atoms with E-state index in [4.69, 9.17) is 5.73 Å². The summed E-state index contributed by atoms with van der Waals surface area (Å²) in [4.78, 5) is 51.8. The molecule has 0 saturated carbocycles. The van der Waals surface area contributed by atoms with Gasteiger partial charge in [0.25, 0.3) is 0 Å². The summed E-state index contributed by atoms with van der Waals surface area (Å²) in [7, 11) is 0. The molecule has 37 heavy (non-hydrogen) atoms. The Morgan fingerprint density at radius 1 is 1.03 bits per heavy atom. The molecule has 2 aromatic rings. The van der Waals surface area contributed by atoms with Crippen LogP contribution in [-0.2, 0) is 25.6 Å². The van der Waals surface area contributed by atoms with E-state index < -0.39 is 42.0 Å². The van der Waals surface area contributed by atoms with Crippen molar-refractivity contribution in [3.05, 3.63) is 60.2 Å². The van der Waals surface area contributed by atoms with Gasteiger partial charge < -0.3 is 26.4 Å². The average molecular weight is 509 g/mol. The maximum atomic E-state index is 13.3. The number of hydrogen-bond donors (Lipinski definition) is 4. The van der Waals surface area contributed by atoms with Gasteiger partial charge in [-0.1, -0.05) is 74.9 Å². The lowest BCUT2D eigenvalue weighted by molar-refractivity contribution is -0.143. The van der Waals surface area contributed by atoms with Gasteiger partial charge in [-0.15, -0.1) is 0 Å². The minimum atomic E-state index is -0.995. The Balaban J connectivity index is 1.72. The first kappa shape index (κ1) is 27.9. The minimum absolute atomic E-state index is 0.0299. The molecular weight excluding hydrogens is 472 g/mol. The van der Waals surface area contributed by atoms with Crippen molar-refractivity contribution in [2.75, 3.05) is 6.54 Å². The molecule has 9 nitrogen and oxygen atoms in total. The van der Waals surface area contributed by atoms with Gasteiger partial charge in [0.15, 0.2) is 0 Å². The van der Waals surface area contributed by atoms with Crippen molar-refractivity contribution in [3.8, 4) is 11.1 Å². The summed E-state index contributed by atoms with van der Waals surface area (Å²) < 4.78 is 0. The number of aliphatic hydroxyl groups excluding tert-OH is 1. The number of nitrogens with two attached hydrogens (primary N) is 1. The van der Waals surface area contributed by atoms with Gasteiger partial charge in [-0.3, -0.25) is 19.2 Å². The number of benzene rings is 2. The molecular formula is C28H36N4O5. The van der Waals surface area contributed by atoms with Crippen LogP contribution in [0.3, 0.4) is 0 Å². The predicted molar refractivity (Wildman–Crippen MR) is 140 cm³/mol. The van der Waals surface area contributed by atoms with Gasteiger partial charge in [0.05, 0.1) is 6.10 Å². The third-order valence-corrected chi connectivity index (χ3v) is 6.86. The highest BCUT2D eigenvalue weighted by Gasteiger charge is 2.43. The van der Waals surface area contributed by atoms with Crippen LogP contribution in [0, 0.1) is 5.92 Å². The van der Waals surface area contributed by atoms with Crippen molar-refractivity contribution in [3.63, 3.8) is 0 Å². The van der Waals surface area contributed by atoms with E-state index in [0.717, 1.165) is 16.7 Å². The molecule has 1 aliphatic heterocycles. The van der Waals surface area contributed by atoms with Crippen molar-refractivity contribution >= 4 is 23.6 Å². The predicted octanol–water partition coefficient (Wildman–Crippen LogP) is 1.38. The standard InChI is InChI=1S/C28H36N4O5/c1-4-17(2)25(30-18(3)33)28(37)32-16-22(34)15-24(32)27(36)31-23(26(29)35)14-19-10-12-21(13-11-19)20-8-6-5-7-9-20/h5-13,17,22-25,34H,4,14-16H2,1-3H3,(H2,29,35)(H,30,33)(H,31,36)/t17-,22+,23+,24-,25-/m0/s1. The van der Waals surface area contributed by atoms with E-state index >= 15 is 0 Å². The topological polar surface area (TPSA) is 142 Å². The molecule has 0 aromatic heterocycles. The number of nitrogens with one attached hydrogen (secondary N) is 2. The molecule has 5 N–H and O–H groups in total. The van der Waals surface area contributed by atoms with Crippen LogP contribution in [0.4, 0.5) is 0 Å². The summed E-state index contributed by atoms with van der Waals surface area (Å²) in [6.07, 6.45) is -0.0493. The van der Waals surface area contributed by atoms with Crippen LogP contribution in [0.1, 0.15) is 39.2 Å². The van der Waals surface area contributed by atoms with Crippen LogP contribution in [-0.4, -0.2) is 64.4 Å². The summed E-state index contributed by atoms with van der Waals surface area (Å²) in [5.74, 6) is -2.23. The van der Waals surface area contributed by atoms with Crippen LogP contribution < -0.4 is 16.4 Å². The molecule has 198 valence electrons. The lowest BCUT2D eigenvalue weighted by Crippen LogP contribution is -2.57. The van der Waals surface area contributed by atoms with Gasteiger partial charge in [-0.2, -0.15) is 0 Å². The lowest BCUT2D eigenvalue weighted by atomic mass is 9.97. The highest BCUT2D eigenvalue weighted by Crippen LogP contribution is 2.23. The Bertz CT molecular complexity index is 1110. The molecule has 1 heterocycles. The van der Waals surface area contributed by atoms with Crippen molar-refractivity contribution in [1.82, 2.24) is 15.5 Å². The van der Waals surface area contributed by atoms with Gasteiger partial charge in [0, 0.05) is 26.3 Å². The number of carbonyl (C=O) groups excluding carboxylic acids is 4. The summed E-state index contributed by atoms with van der Waals surface area (Å²) in [5.41, 5.74) is 8.50. The first-order valence-corrected chi connectivity index (χ1v) is 12.6. The zero-order chi connectivity index (χ0) is 27.1. The Labute approximate surface area is 217 Å². The quantitative estimate of drug-likeness (QED) is 0.384. The van der Waals surface area contributed by atoms with Crippen molar-refractivity contribution in [1.29, 1.82) is 0 Å². The van der Waals surface area contributed by atoms with Crippen molar-refractivity contribution in [2.24, 2.45) is 11.7 Å². The van der Waals surface area contributed by atoms with Crippen molar-refractivity contribution in [2.45, 2.75) is 64.3 Å². The van der Waals surface area contributed by atoms with Gasteiger partial charge >= 0.3 is 0 Å². The van der Waals surface area contributed by atoms with Crippen LogP contribution in [0.2, 0.25) is 0 Å². The van der Waals surface area contributed by atoms with E-state index in [1.165, 1.54) is 11.8 Å². The first-order valence-electron chi connectivity index (χ1n) is 12.6. The van der Waals surface area contributed by atoms with E-state index in [1.54, 1.807) is 0 Å². The molecule has 1 saturated heterocycles. The highest BCUT2D eigenvalue weighted by molar-refractivity contribution is 5.94. The molecule has 4 amide bonds. The summed E-state index contributed by atoms with van der Waals surface area (Å²) in [5, 5.41) is 15.6. The van der Waals surface area contributed by atoms with Crippen LogP contribution in [0.15, 0.2) is 54.6 Å². The molecule has 0 aliphatic carbocycles. The largest absolute Gasteiger partial charge is 0.391 e. The van der Waals surface area contributed by atoms with Crippen molar-refractivity contribution < 1.29 is 24.3 Å². The number of β-amino-alcohol motifs (C(OH)–C–C–N with tert-alkyl or cyclic N) is 1. The van der Waals surface area contributed by atoms with Gasteiger partial charge in [0.1, 0.15) is 18.1 Å². The monoisotopic (exact) mass is 508 g/mol. The second-order valence-electron chi connectivity index (χ2n) is 9.69. The Morgan fingerprint density at radius 3 is 2.22 bits per heavy atom. The van der Waals surface area contributed by atoms with E-state index in [0.29, 0.717) is 6.42 Å². The Kier molecular flexibility index (Phi) is 9.41. The zero-order valence-corrected chi connectivity index (χ0v) is 21.5. The summed E-state index contributed by atoms with van der Waals surface area (Å²) >= 11 is 0. The van der Waals surface area contributed by atoms with Gasteiger partial charge in [-0.05, 0) is 22.6 Å². The molecule has 0 spiro atoms. The average Bonchev–Trinajstić information content (AvgIpc) is 3.28. The summed E-state index contributed by atoms with van der Waals surface area (Å²) in [6.45, 7) is 5.03. The molecule has 1 aliphatic rings. The molecule has 9 heteroatoms. The number of primary amides is 1. The molecule has 0 radical (unpaired) electrons. The Hall–Kier alpha value is -3.72. The highest BCUT2D eigenvalue weighted by atomic mass is 16.3. The molecule has 5 atom stereocenters. The van der Waals surface area contributed by atoms with E-state index in [-0.39, 0.29) is 31.2 Å². The minimum Gasteiger partial charge on any atom is -0.391 e. The SMILES string of the molecule is CC[C@H](C)[C@H](NC(C)=O)C(=O)N1C[C@H](O)C[C@H]1C(=O)N[C@H](Cc1ccc(-c2ccccc2)cc1)C(N)=O. The van der Waals surface area contributed by atoms with Crippen LogP contribution in [0.25, 0.3) is 11.1 Å². The number of carbonyl (C=O) groups is 4. The molecule has 1 fully saturated rings. The Morgan fingerprint density at radius 2 is 1.65 bits per heavy atom. The smallest absolute Gasteiger partial charge is 0.246 e. The maximum Gasteiger partial charge on any atom is 0.246 e. The fraction of sp³-hybridized carbons (Fsp3) is 0.429. The zero-order valence-electron chi connectivity index (χ0n) is 21.5. The van der Waals surface area contributed by atoms with Crippen LogP contribution >= 0.6 is 0 Å². The normalized spacial score (nSPS) is 19.5. The van der Waals surface area contributed by atoms with E-state index in [9.17, 15) is 24.3 Å².